The third-order valence-electron chi connectivity index (χ3n) is 2.16. The summed E-state index contributed by atoms with van der Waals surface area (Å²) in [6.07, 6.45) is 1.20. The predicted molar refractivity (Wildman–Crippen MR) is 69.8 cm³/mol. The monoisotopic (exact) mass is 302 g/mol. The topological polar surface area (TPSA) is 97.0 Å². The van der Waals surface area contributed by atoms with Crippen molar-refractivity contribution in [2.24, 2.45) is 0 Å². The Morgan fingerprint density at radius 1 is 1.47 bits per heavy atom. The Morgan fingerprint density at radius 2 is 2.26 bits per heavy atom. The van der Waals surface area contributed by atoms with Crippen LogP contribution < -0.4 is 9.46 Å². The fourth-order valence-electron chi connectivity index (χ4n) is 1.36. The number of nitrogens with one attached hydrogen (secondary N) is 2. The molecule has 0 saturated heterocycles. The second-order valence-electron chi connectivity index (χ2n) is 3.46. The molecule has 1 aromatic heterocycles. The number of ether oxygens (including phenoxy) is 1. The first-order valence-corrected chi connectivity index (χ1v) is 7.19. The van der Waals surface area contributed by atoms with Crippen molar-refractivity contribution in [1.82, 2.24) is 15.2 Å². The number of aromatic amines is 1. The van der Waals surface area contributed by atoms with Crippen molar-refractivity contribution in [3.63, 3.8) is 0 Å². The standard InChI is InChI=1S/C10H11ClN4O3S/c1-2-18-9-5-7(3-4-8(9)11)19(16,17)15-10-12-6-13-14-10/h3-6H,2H2,1H3,(H2,12,13,14,15). The lowest BCUT2D eigenvalue weighted by Gasteiger charge is -2.09. The molecule has 0 radical (unpaired) electrons. The van der Waals surface area contributed by atoms with E-state index in [0.29, 0.717) is 17.4 Å². The van der Waals surface area contributed by atoms with Gasteiger partial charge in [0, 0.05) is 6.07 Å². The summed E-state index contributed by atoms with van der Waals surface area (Å²) in [6.45, 7) is 2.17. The van der Waals surface area contributed by atoms with Gasteiger partial charge in [-0.05, 0) is 19.1 Å². The second-order valence-corrected chi connectivity index (χ2v) is 5.55. The summed E-state index contributed by atoms with van der Waals surface area (Å²) in [5.74, 6) is 0.345. The number of hydrogen-bond acceptors (Lipinski definition) is 5. The quantitative estimate of drug-likeness (QED) is 0.875. The van der Waals surface area contributed by atoms with Gasteiger partial charge < -0.3 is 4.74 Å². The zero-order chi connectivity index (χ0) is 13.9. The minimum atomic E-state index is -3.76. The van der Waals surface area contributed by atoms with Gasteiger partial charge in [0.1, 0.15) is 12.1 Å². The maximum atomic E-state index is 12.1. The zero-order valence-corrected chi connectivity index (χ0v) is 11.5. The first kappa shape index (κ1) is 13.6. The average Bonchev–Trinajstić information content (AvgIpc) is 2.84. The highest BCUT2D eigenvalue weighted by Gasteiger charge is 2.17. The molecule has 2 aromatic rings. The highest BCUT2D eigenvalue weighted by atomic mass is 35.5. The molecule has 102 valence electrons. The molecule has 1 heterocycles. The minimum absolute atomic E-state index is 0.0248. The van der Waals surface area contributed by atoms with Gasteiger partial charge in [0.05, 0.1) is 16.5 Å². The fourth-order valence-corrected chi connectivity index (χ4v) is 2.51. The van der Waals surface area contributed by atoms with E-state index in [0.717, 1.165) is 0 Å². The molecular weight excluding hydrogens is 292 g/mol. The summed E-state index contributed by atoms with van der Waals surface area (Å²) < 4.78 is 31.6. The average molecular weight is 303 g/mol. The largest absolute Gasteiger partial charge is 0.492 e. The summed E-state index contributed by atoms with van der Waals surface area (Å²) in [4.78, 5) is 3.71. The lowest BCUT2D eigenvalue weighted by Crippen LogP contribution is -2.14. The number of benzene rings is 1. The molecule has 9 heteroatoms. The molecule has 7 nitrogen and oxygen atoms in total. The van der Waals surface area contributed by atoms with Crippen LogP contribution in [0.3, 0.4) is 0 Å². The molecule has 0 amide bonds. The molecule has 0 aliphatic carbocycles. The number of anilines is 1. The first-order chi connectivity index (χ1) is 9.03. The first-order valence-electron chi connectivity index (χ1n) is 5.33. The Morgan fingerprint density at radius 3 is 2.89 bits per heavy atom. The number of hydrogen-bond donors (Lipinski definition) is 2. The Bertz CT molecular complexity index is 657. The molecule has 19 heavy (non-hydrogen) atoms. The van der Waals surface area contributed by atoms with Crippen molar-refractivity contribution in [2.75, 3.05) is 11.3 Å². The van der Waals surface area contributed by atoms with E-state index >= 15 is 0 Å². The fraction of sp³-hybridized carbons (Fsp3) is 0.200. The van der Waals surface area contributed by atoms with Gasteiger partial charge >= 0.3 is 0 Å². The van der Waals surface area contributed by atoms with Crippen molar-refractivity contribution in [2.45, 2.75) is 11.8 Å². The van der Waals surface area contributed by atoms with Crippen LogP contribution in [-0.4, -0.2) is 30.2 Å². The number of aromatic nitrogens is 3. The molecule has 0 aliphatic rings. The molecule has 2 rings (SSSR count). The Labute approximate surface area is 115 Å². The smallest absolute Gasteiger partial charge is 0.264 e. The lowest BCUT2D eigenvalue weighted by atomic mass is 10.3. The summed E-state index contributed by atoms with van der Waals surface area (Å²) in [6, 6.07) is 4.19. The van der Waals surface area contributed by atoms with E-state index in [4.69, 9.17) is 16.3 Å². The van der Waals surface area contributed by atoms with E-state index in [1.165, 1.54) is 24.5 Å². The molecule has 2 N–H and O–H groups in total. The molecule has 0 spiro atoms. The Hall–Kier alpha value is -1.80. The van der Waals surface area contributed by atoms with Gasteiger partial charge in [-0.2, -0.15) is 10.1 Å². The van der Waals surface area contributed by atoms with Gasteiger partial charge in [-0.15, -0.1) is 0 Å². The van der Waals surface area contributed by atoms with Crippen molar-refractivity contribution in [1.29, 1.82) is 0 Å². The number of sulfonamides is 1. The minimum Gasteiger partial charge on any atom is -0.492 e. The van der Waals surface area contributed by atoms with Gasteiger partial charge in [0.25, 0.3) is 10.0 Å². The van der Waals surface area contributed by atoms with Gasteiger partial charge in [-0.25, -0.2) is 18.2 Å². The molecule has 0 bridgehead atoms. The molecular formula is C10H11ClN4O3S. The van der Waals surface area contributed by atoms with Crippen LogP contribution in [0.5, 0.6) is 5.75 Å². The van der Waals surface area contributed by atoms with Crippen LogP contribution >= 0.6 is 11.6 Å². The molecule has 1 aromatic carbocycles. The summed E-state index contributed by atoms with van der Waals surface area (Å²) in [5.41, 5.74) is 0. The lowest BCUT2D eigenvalue weighted by molar-refractivity contribution is 0.339. The van der Waals surface area contributed by atoms with E-state index < -0.39 is 10.0 Å². The normalized spacial score (nSPS) is 11.3. The van der Waals surface area contributed by atoms with E-state index in [1.54, 1.807) is 6.92 Å². The third-order valence-corrected chi connectivity index (χ3v) is 3.81. The van der Waals surface area contributed by atoms with Gasteiger partial charge in [0.15, 0.2) is 0 Å². The maximum absolute atomic E-state index is 12.1. The molecule has 0 fully saturated rings. The molecule has 0 unspecified atom stereocenters. The van der Waals surface area contributed by atoms with E-state index in [-0.39, 0.29) is 10.8 Å². The highest BCUT2D eigenvalue weighted by molar-refractivity contribution is 7.92. The van der Waals surface area contributed by atoms with Gasteiger partial charge in [-0.3, -0.25) is 0 Å². The van der Waals surface area contributed by atoms with Crippen LogP contribution in [0.25, 0.3) is 0 Å². The van der Waals surface area contributed by atoms with Crippen molar-refractivity contribution >= 4 is 27.6 Å². The van der Waals surface area contributed by atoms with Crippen LogP contribution in [0.4, 0.5) is 5.95 Å². The zero-order valence-electron chi connectivity index (χ0n) is 9.92. The second kappa shape index (κ2) is 5.45. The van der Waals surface area contributed by atoms with Gasteiger partial charge in [0.2, 0.25) is 5.95 Å². The number of H-pyrrole nitrogens is 1. The van der Waals surface area contributed by atoms with Crippen LogP contribution in [0.2, 0.25) is 5.02 Å². The molecule has 0 atom stereocenters. The van der Waals surface area contributed by atoms with Crippen LogP contribution in [0.1, 0.15) is 6.92 Å². The van der Waals surface area contributed by atoms with Crippen molar-refractivity contribution in [3.8, 4) is 5.75 Å². The molecule has 0 aliphatic heterocycles. The van der Waals surface area contributed by atoms with Crippen molar-refractivity contribution < 1.29 is 13.2 Å². The number of nitrogens with zero attached hydrogens (tertiary/aromatic N) is 2. The summed E-state index contributed by atoms with van der Waals surface area (Å²) in [7, 11) is -3.76. The van der Waals surface area contributed by atoms with Gasteiger partial charge in [-0.1, -0.05) is 11.6 Å². The Kier molecular flexibility index (Phi) is 3.91. The Balaban J connectivity index is 2.32. The SMILES string of the molecule is CCOc1cc(S(=O)(=O)Nc2ncn[nH]2)ccc1Cl. The molecule has 0 saturated carbocycles. The number of halogens is 1. The van der Waals surface area contributed by atoms with Crippen LogP contribution in [0, 0.1) is 0 Å². The van der Waals surface area contributed by atoms with E-state index in [1.807, 2.05) is 0 Å². The van der Waals surface area contributed by atoms with Crippen molar-refractivity contribution in [3.05, 3.63) is 29.5 Å². The summed E-state index contributed by atoms with van der Waals surface area (Å²) >= 11 is 5.90. The van der Waals surface area contributed by atoms with Crippen LogP contribution in [0.15, 0.2) is 29.4 Å². The van der Waals surface area contributed by atoms with Crippen LogP contribution in [-0.2, 0) is 10.0 Å². The van der Waals surface area contributed by atoms with E-state index in [9.17, 15) is 8.42 Å². The maximum Gasteiger partial charge on any atom is 0.264 e. The highest BCUT2D eigenvalue weighted by Crippen LogP contribution is 2.28. The third kappa shape index (κ3) is 3.15. The van der Waals surface area contributed by atoms with E-state index in [2.05, 4.69) is 19.9 Å². The number of rotatable bonds is 5. The summed E-state index contributed by atoms with van der Waals surface area (Å²) in [5, 5.41) is 6.31. The predicted octanol–water partition coefficient (Wildman–Crippen LogP) is 1.66.